The van der Waals surface area contributed by atoms with Crippen LogP contribution in [0.3, 0.4) is 0 Å². The molecule has 1 N–H and O–H groups in total. The molecule has 1 saturated heterocycles. The van der Waals surface area contributed by atoms with Gasteiger partial charge >= 0.3 is 5.97 Å². The highest BCUT2D eigenvalue weighted by molar-refractivity contribution is 5.69. The van der Waals surface area contributed by atoms with Gasteiger partial charge < -0.3 is 5.11 Å². The maximum atomic E-state index is 10.8. The van der Waals surface area contributed by atoms with E-state index in [1.165, 1.54) is 32.1 Å². The Labute approximate surface area is 92.5 Å². The van der Waals surface area contributed by atoms with Crippen LogP contribution in [0.4, 0.5) is 0 Å². The molecule has 1 aliphatic heterocycles. The van der Waals surface area contributed by atoms with Crippen molar-refractivity contribution in [2.75, 3.05) is 13.1 Å². The molecule has 2 atom stereocenters. The van der Waals surface area contributed by atoms with E-state index in [9.17, 15) is 4.79 Å². The van der Waals surface area contributed by atoms with E-state index >= 15 is 0 Å². The Hall–Kier alpha value is -0.570. The number of carboxylic acids is 1. The summed E-state index contributed by atoms with van der Waals surface area (Å²) in [6.07, 6.45) is 6.20. The monoisotopic (exact) mass is 213 g/mol. The van der Waals surface area contributed by atoms with Crippen LogP contribution in [0.25, 0.3) is 0 Å². The van der Waals surface area contributed by atoms with Gasteiger partial charge in [-0.1, -0.05) is 26.7 Å². The molecule has 1 rings (SSSR count). The molecule has 0 spiro atoms. The van der Waals surface area contributed by atoms with Crippen molar-refractivity contribution in [1.82, 2.24) is 4.90 Å². The number of hydrogen-bond acceptors (Lipinski definition) is 2. The second-order valence-electron chi connectivity index (χ2n) is 4.67. The van der Waals surface area contributed by atoms with Gasteiger partial charge in [-0.15, -0.1) is 0 Å². The van der Waals surface area contributed by atoms with Crippen LogP contribution < -0.4 is 0 Å². The summed E-state index contributed by atoms with van der Waals surface area (Å²) in [5.74, 6) is -0.904. The van der Waals surface area contributed by atoms with Crippen molar-refractivity contribution in [2.24, 2.45) is 5.92 Å². The summed E-state index contributed by atoms with van der Waals surface area (Å²) in [4.78, 5) is 13.2. The standard InChI is InChI=1S/C12H23NO2/c1-3-6-11-7-4-5-8-13(11)9-10(2)12(14)15/h10-11H,3-9H2,1-2H3,(H,14,15). The zero-order chi connectivity index (χ0) is 11.3. The number of carboxylic acid groups (broad SMARTS) is 1. The highest BCUT2D eigenvalue weighted by Crippen LogP contribution is 2.21. The minimum absolute atomic E-state index is 0.234. The Kier molecular flexibility index (Phi) is 5.09. The maximum absolute atomic E-state index is 10.8. The van der Waals surface area contributed by atoms with Gasteiger partial charge in [0.15, 0.2) is 0 Å². The van der Waals surface area contributed by atoms with E-state index < -0.39 is 5.97 Å². The predicted octanol–water partition coefficient (Wildman–Crippen LogP) is 2.36. The van der Waals surface area contributed by atoms with Crippen LogP contribution in [0.2, 0.25) is 0 Å². The summed E-state index contributed by atoms with van der Waals surface area (Å²) >= 11 is 0. The number of piperidine rings is 1. The Morgan fingerprint density at radius 3 is 2.87 bits per heavy atom. The molecular weight excluding hydrogens is 190 g/mol. The van der Waals surface area contributed by atoms with Crippen LogP contribution in [0.15, 0.2) is 0 Å². The quantitative estimate of drug-likeness (QED) is 0.762. The van der Waals surface area contributed by atoms with Crippen molar-refractivity contribution < 1.29 is 9.90 Å². The molecule has 1 heterocycles. The van der Waals surface area contributed by atoms with Gasteiger partial charge in [0.25, 0.3) is 0 Å². The van der Waals surface area contributed by atoms with Crippen LogP contribution in [0.5, 0.6) is 0 Å². The molecule has 0 saturated carbocycles. The highest BCUT2D eigenvalue weighted by Gasteiger charge is 2.24. The average Bonchev–Trinajstić information content (AvgIpc) is 2.21. The maximum Gasteiger partial charge on any atom is 0.307 e. The van der Waals surface area contributed by atoms with Crippen molar-refractivity contribution in [3.05, 3.63) is 0 Å². The molecule has 0 amide bonds. The van der Waals surface area contributed by atoms with Crippen molar-refractivity contribution in [2.45, 2.75) is 52.0 Å². The largest absolute Gasteiger partial charge is 0.481 e. The second-order valence-corrected chi connectivity index (χ2v) is 4.67. The third-order valence-corrected chi connectivity index (χ3v) is 3.30. The van der Waals surface area contributed by atoms with Crippen LogP contribution >= 0.6 is 0 Å². The molecule has 3 heteroatoms. The molecule has 0 aliphatic carbocycles. The topological polar surface area (TPSA) is 40.5 Å². The molecule has 1 fully saturated rings. The van der Waals surface area contributed by atoms with Crippen LogP contribution in [-0.4, -0.2) is 35.1 Å². The number of nitrogens with zero attached hydrogens (tertiary/aromatic N) is 1. The molecule has 0 radical (unpaired) electrons. The van der Waals surface area contributed by atoms with Crippen LogP contribution in [0, 0.1) is 5.92 Å². The van der Waals surface area contributed by atoms with E-state index in [0.717, 1.165) is 13.1 Å². The van der Waals surface area contributed by atoms with E-state index in [1.54, 1.807) is 6.92 Å². The van der Waals surface area contributed by atoms with Gasteiger partial charge in [-0.2, -0.15) is 0 Å². The summed E-state index contributed by atoms with van der Waals surface area (Å²) in [6, 6.07) is 0.630. The Bertz CT molecular complexity index is 204. The van der Waals surface area contributed by atoms with Crippen molar-refractivity contribution in [3.63, 3.8) is 0 Å². The minimum Gasteiger partial charge on any atom is -0.481 e. The molecule has 88 valence electrons. The molecular formula is C12H23NO2. The fourth-order valence-corrected chi connectivity index (χ4v) is 2.39. The van der Waals surface area contributed by atoms with Gasteiger partial charge in [-0.3, -0.25) is 9.69 Å². The molecule has 0 aromatic heterocycles. The lowest BCUT2D eigenvalue weighted by molar-refractivity contribution is -0.142. The number of carbonyl (C=O) groups is 1. The first-order chi connectivity index (χ1) is 7.15. The van der Waals surface area contributed by atoms with Gasteiger partial charge in [0.1, 0.15) is 0 Å². The minimum atomic E-state index is -0.671. The van der Waals surface area contributed by atoms with E-state index in [4.69, 9.17) is 5.11 Å². The van der Waals surface area contributed by atoms with Gasteiger partial charge in [-0.25, -0.2) is 0 Å². The Morgan fingerprint density at radius 1 is 1.53 bits per heavy atom. The molecule has 0 aromatic carbocycles. The van der Waals surface area contributed by atoms with Crippen LogP contribution in [0.1, 0.15) is 46.0 Å². The van der Waals surface area contributed by atoms with Crippen LogP contribution in [-0.2, 0) is 4.79 Å². The third kappa shape index (κ3) is 3.82. The second kappa shape index (κ2) is 6.11. The third-order valence-electron chi connectivity index (χ3n) is 3.30. The Morgan fingerprint density at radius 2 is 2.27 bits per heavy atom. The summed E-state index contributed by atoms with van der Waals surface area (Å²) in [7, 11) is 0. The summed E-state index contributed by atoms with van der Waals surface area (Å²) in [5.41, 5.74) is 0. The fourth-order valence-electron chi connectivity index (χ4n) is 2.39. The van der Waals surface area contributed by atoms with Crippen molar-refractivity contribution >= 4 is 5.97 Å². The Balaban J connectivity index is 2.45. The lowest BCUT2D eigenvalue weighted by Gasteiger charge is -2.36. The number of aliphatic carboxylic acids is 1. The summed E-state index contributed by atoms with van der Waals surface area (Å²) < 4.78 is 0. The average molecular weight is 213 g/mol. The molecule has 3 nitrogen and oxygen atoms in total. The van der Waals surface area contributed by atoms with Gasteiger partial charge in [-0.05, 0) is 25.8 Å². The number of rotatable bonds is 5. The summed E-state index contributed by atoms with van der Waals surface area (Å²) in [6.45, 7) is 5.82. The number of likely N-dealkylation sites (tertiary alicyclic amines) is 1. The lowest BCUT2D eigenvalue weighted by Crippen LogP contribution is -2.43. The first kappa shape index (κ1) is 12.5. The van der Waals surface area contributed by atoms with E-state index in [0.29, 0.717) is 6.04 Å². The molecule has 2 unspecified atom stereocenters. The molecule has 0 bridgehead atoms. The van der Waals surface area contributed by atoms with E-state index in [2.05, 4.69) is 11.8 Å². The zero-order valence-electron chi connectivity index (χ0n) is 9.91. The van der Waals surface area contributed by atoms with Gasteiger partial charge in [0, 0.05) is 12.6 Å². The zero-order valence-corrected chi connectivity index (χ0v) is 9.91. The highest BCUT2D eigenvalue weighted by atomic mass is 16.4. The molecule has 15 heavy (non-hydrogen) atoms. The van der Waals surface area contributed by atoms with Crippen molar-refractivity contribution in [1.29, 1.82) is 0 Å². The fraction of sp³-hybridized carbons (Fsp3) is 0.917. The van der Waals surface area contributed by atoms with E-state index in [1.807, 2.05) is 0 Å². The molecule has 1 aliphatic rings. The first-order valence-corrected chi connectivity index (χ1v) is 6.12. The summed E-state index contributed by atoms with van der Waals surface area (Å²) in [5, 5.41) is 8.90. The number of hydrogen-bond donors (Lipinski definition) is 1. The predicted molar refractivity (Wildman–Crippen MR) is 60.9 cm³/mol. The first-order valence-electron chi connectivity index (χ1n) is 6.12. The smallest absolute Gasteiger partial charge is 0.307 e. The van der Waals surface area contributed by atoms with E-state index in [-0.39, 0.29) is 5.92 Å². The van der Waals surface area contributed by atoms with Crippen molar-refractivity contribution in [3.8, 4) is 0 Å². The normalized spacial score (nSPS) is 25.1. The van der Waals surface area contributed by atoms with Gasteiger partial charge in [0.2, 0.25) is 0 Å². The van der Waals surface area contributed by atoms with Gasteiger partial charge in [0.05, 0.1) is 5.92 Å². The molecule has 0 aromatic rings. The SMILES string of the molecule is CCCC1CCCCN1CC(C)C(=O)O. The lowest BCUT2D eigenvalue weighted by atomic mass is 9.97.